The van der Waals surface area contributed by atoms with E-state index in [2.05, 4.69) is 4.72 Å². The molecule has 2 rings (SSSR count). The first-order chi connectivity index (χ1) is 9.81. The SMILES string of the molecule is Cc1csc(C(=O)O)c1S(=O)(=O)NCCc1ccc(Cl)s1. The molecule has 2 aromatic rings. The summed E-state index contributed by atoms with van der Waals surface area (Å²) in [7, 11) is -3.84. The van der Waals surface area contributed by atoms with Crippen molar-refractivity contribution in [3.05, 3.63) is 37.2 Å². The highest BCUT2D eigenvalue weighted by Gasteiger charge is 2.26. The van der Waals surface area contributed by atoms with Crippen molar-refractivity contribution in [2.24, 2.45) is 0 Å². The van der Waals surface area contributed by atoms with Gasteiger partial charge in [0, 0.05) is 11.4 Å². The molecule has 2 aromatic heterocycles. The Hall–Kier alpha value is -0.930. The van der Waals surface area contributed by atoms with Crippen LogP contribution in [0.4, 0.5) is 0 Å². The summed E-state index contributed by atoms with van der Waals surface area (Å²) in [5.74, 6) is -1.24. The summed E-state index contributed by atoms with van der Waals surface area (Å²) >= 11 is 8.10. The molecule has 0 atom stereocenters. The van der Waals surface area contributed by atoms with Crippen LogP contribution in [-0.2, 0) is 16.4 Å². The first kappa shape index (κ1) is 16.4. The van der Waals surface area contributed by atoms with Gasteiger partial charge >= 0.3 is 5.97 Å². The summed E-state index contributed by atoms with van der Waals surface area (Å²) < 4.78 is 27.6. The van der Waals surface area contributed by atoms with Gasteiger partial charge in [-0.05, 0) is 36.4 Å². The van der Waals surface area contributed by atoms with Crippen molar-refractivity contribution < 1.29 is 18.3 Å². The van der Waals surface area contributed by atoms with Crippen molar-refractivity contribution >= 4 is 50.3 Å². The average Bonchev–Trinajstić information content (AvgIpc) is 2.95. The summed E-state index contributed by atoms with van der Waals surface area (Å²) in [4.78, 5) is 11.7. The predicted octanol–water partition coefficient (Wildman–Crippen LogP) is 2.99. The lowest BCUT2D eigenvalue weighted by molar-refractivity contribution is 0.0698. The number of rotatable bonds is 6. The third-order valence-electron chi connectivity index (χ3n) is 2.67. The van der Waals surface area contributed by atoms with E-state index in [1.807, 2.05) is 6.07 Å². The van der Waals surface area contributed by atoms with Crippen molar-refractivity contribution in [2.45, 2.75) is 18.2 Å². The first-order valence-electron chi connectivity index (χ1n) is 5.86. The molecule has 21 heavy (non-hydrogen) atoms. The van der Waals surface area contributed by atoms with Crippen molar-refractivity contribution in [3.8, 4) is 0 Å². The summed E-state index contributed by atoms with van der Waals surface area (Å²) in [6.45, 7) is 1.77. The van der Waals surface area contributed by atoms with E-state index in [1.165, 1.54) is 16.7 Å². The maximum atomic E-state index is 12.2. The zero-order valence-corrected chi connectivity index (χ0v) is 14.1. The van der Waals surface area contributed by atoms with Gasteiger partial charge in [0.05, 0.1) is 4.34 Å². The van der Waals surface area contributed by atoms with Crippen LogP contribution in [0.3, 0.4) is 0 Å². The van der Waals surface area contributed by atoms with E-state index in [0.717, 1.165) is 16.2 Å². The maximum absolute atomic E-state index is 12.2. The average molecular weight is 366 g/mol. The number of carbonyl (C=O) groups is 1. The molecular weight excluding hydrogens is 354 g/mol. The Morgan fingerprint density at radius 3 is 2.71 bits per heavy atom. The molecule has 5 nitrogen and oxygen atoms in total. The minimum Gasteiger partial charge on any atom is -0.477 e. The fourth-order valence-electron chi connectivity index (χ4n) is 1.78. The van der Waals surface area contributed by atoms with E-state index in [9.17, 15) is 13.2 Å². The molecule has 0 radical (unpaired) electrons. The van der Waals surface area contributed by atoms with Crippen molar-refractivity contribution in [1.29, 1.82) is 0 Å². The Bertz CT molecular complexity index is 763. The molecule has 0 spiro atoms. The van der Waals surface area contributed by atoms with Crippen LogP contribution in [0.25, 0.3) is 0 Å². The second-order valence-corrected chi connectivity index (χ2v) is 8.62. The molecule has 0 aliphatic rings. The van der Waals surface area contributed by atoms with Crippen molar-refractivity contribution in [1.82, 2.24) is 4.72 Å². The highest BCUT2D eigenvalue weighted by atomic mass is 35.5. The van der Waals surface area contributed by atoms with E-state index < -0.39 is 16.0 Å². The van der Waals surface area contributed by atoms with Gasteiger partial charge in [-0.3, -0.25) is 0 Å². The lowest BCUT2D eigenvalue weighted by Gasteiger charge is -2.07. The lowest BCUT2D eigenvalue weighted by atomic mass is 10.3. The molecule has 0 amide bonds. The zero-order valence-electron chi connectivity index (χ0n) is 10.9. The van der Waals surface area contributed by atoms with E-state index >= 15 is 0 Å². The highest BCUT2D eigenvalue weighted by Crippen LogP contribution is 2.27. The predicted molar refractivity (Wildman–Crippen MR) is 84.2 cm³/mol. The van der Waals surface area contributed by atoms with Gasteiger partial charge in [-0.15, -0.1) is 22.7 Å². The van der Waals surface area contributed by atoms with E-state index in [4.69, 9.17) is 16.7 Å². The number of nitrogens with one attached hydrogen (secondary N) is 1. The number of halogens is 1. The Labute approximate surface area is 135 Å². The summed E-state index contributed by atoms with van der Waals surface area (Å²) in [6.07, 6.45) is 0.502. The van der Waals surface area contributed by atoms with Crippen molar-refractivity contribution in [3.63, 3.8) is 0 Å². The van der Waals surface area contributed by atoms with Crippen LogP contribution in [0, 0.1) is 6.92 Å². The number of carboxylic acids is 1. The Balaban J connectivity index is 2.12. The van der Waals surface area contributed by atoms with E-state index in [-0.39, 0.29) is 16.3 Å². The van der Waals surface area contributed by atoms with Gasteiger partial charge in [0.25, 0.3) is 0 Å². The molecule has 0 aliphatic carbocycles. The normalized spacial score (nSPS) is 11.7. The number of aromatic carboxylic acids is 1. The Kier molecular flexibility index (Phi) is 5.05. The molecule has 0 fully saturated rings. The number of thiophene rings is 2. The van der Waals surface area contributed by atoms with Gasteiger partial charge in [-0.2, -0.15) is 0 Å². The van der Waals surface area contributed by atoms with Gasteiger partial charge in [0.15, 0.2) is 0 Å². The molecule has 2 heterocycles. The maximum Gasteiger partial charge on any atom is 0.347 e. The number of carboxylic acid groups (broad SMARTS) is 1. The molecule has 2 N–H and O–H groups in total. The van der Waals surface area contributed by atoms with Crippen LogP contribution in [0.5, 0.6) is 0 Å². The standard InChI is InChI=1S/C12H12ClNO4S3/c1-7-6-19-10(12(15)16)11(7)21(17,18)14-5-4-8-2-3-9(13)20-8/h2-3,6,14H,4-5H2,1H3,(H,15,16). The summed E-state index contributed by atoms with van der Waals surface area (Å²) in [6, 6.07) is 3.58. The minimum atomic E-state index is -3.84. The van der Waals surface area contributed by atoms with Crippen LogP contribution in [-0.4, -0.2) is 26.0 Å². The van der Waals surface area contributed by atoms with E-state index in [1.54, 1.807) is 13.0 Å². The molecule has 0 saturated heterocycles. The first-order valence-corrected chi connectivity index (χ1v) is 9.42. The van der Waals surface area contributed by atoms with Crippen LogP contribution in [0.2, 0.25) is 4.34 Å². The third-order valence-corrected chi connectivity index (χ3v) is 6.83. The van der Waals surface area contributed by atoms with E-state index in [0.29, 0.717) is 16.3 Å². The molecule has 0 saturated carbocycles. The molecule has 114 valence electrons. The third kappa shape index (κ3) is 3.83. The fourth-order valence-corrected chi connectivity index (χ4v) is 5.53. The monoisotopic (exact) mass is 365 g/mol. The second kappa shape index (κ2) is 6.45. The summed E-state index contributed by atoms with van der Waals surface area (Å²) in [5.41, 5.74) is 0.434. The molecule has 0 unspecified atom stereocenters. The van der Waals surface area contributed by atoms with Gasteiger partial charge in [-0.1, -0.05) is 11.6 Å². The van der Waals surface area contributed by atoms with Crippen LogP contribution in [0.15, 0.2) is 22.4 Å². The second-order valence-electron chi connectivity index (χ2n) is 4.24. The number of sulfonamides is 1. The van der Waals surface area contributed by atoms with Crippen LogP contribution in [0.1, 0.15) is 20.1 Å². The summed E-state index contributed by atoms with van der Waals surface area (Å²) in [5, 5.41) is 10.6. The molecule has 0 bridgehead atoms. The number of hydrogen-bond acceptors (Lipinski definition) is 5. The number of aryl methyl sites for hydroxylation is 1. The van der Waals surface area contributed by atoms with Gasteiger partial charge < -0.3 is 5.11 Å². The molecule has 0 aromatic carbocycles. The fraction of sp³-hybridized carbons (Fsp3) is 0.250. The lowest BCUT2D eigenvalue weighted by Crippen LogP contribution is -2.27. The molecular formula is C12H12ClNO4S3. The largest absolute Gasteiger partial charge is 0.477 e. The van der Waals surface area contributed by atoms with Crippen LogP contribution < -0.4 is 4.72 Å². The quantitative estimate of drug-likeness (QED) is 0.824. The van der Waals surface area contributed by atoms with Crippen molar-refractivity contribution in [2.75, 3.05) is 6.54 Å². The Morgan fingerprint density at radius 1 is 1.43 bits per heavy atom. The molecule has 0 aliphatic heterocycles. The number of hydrogen-bond donors (Lipinski definition) is 2. The van der Waals surface area contributed by atoms with Crippen LogP contribution >= 0.6 is 34.3 Å². The van der Waals surface area contributed by atoms with Gasteiger partial charge in [0.1, 0.15) is 9.77 Å². The highest BCUT2D eigenvalue weighted by molar-refractivity contribution is 7.89. The molecule has 9 heteroatoms. The minimum absolute atomic E-state index is 0.149. The Morgan fingerprint density at radius 2 is 2.14 bits per heavy atom. The van der Waals surface area contributed by atoms with Gasteiger partial charge in [0.2, 0.25) is 10.0 Å². The smallest absolute Gasteiger partial charge is 0.347 e. The van der Waals surface area contributed by atoms with Gasteiger partial charge in [-0.25, -0.2) is 17.9 Å². The zero-order chi connectivity index (χ0) is 15.6. The topological polar surface area (TPSA) is 83.5 Å².